The highest BCUT2D eigenvalue weighted by atomic mass is 15.1. The molecule has 1 atom stereocenters. The number of rotatable bonds is 4. The number of hydrogen-bond acceptors (Lipinski definition) is 2. The zero-order valence-electron chi connectivity index (χ0n) is 12.0. The first-order valence-corrected chi connectivity index (χ1v) is 6.99. The summed E-state index contributed by atoms with van der Waals surface area (Å²) in [4.78, 5) is 5.32. The van der Waals surface area contributed by atoms with Crippen LogP contribution in [0.3, 0.4) is 0 Å². The monoisotopic (exact) mass is 275 g/mol. The molecule has 3 nitrogen and oxygen atoms in total. The van der Waals surface area contributed by atoms with E-state index < -0.39 is 0 Å². The van der Waals surface area contributed by atoms with Gasteiger partial charge in [0.2, 0.25) is 0 Å². The van der Waals surface area contributed by atoms with E-state index in [1.807, 2.05) is 49.6 Å². The van der Waals surface area contributed by atoms with Crippen LogP contribution in [0.15, 0.2) is 60.8 Å². The maximum absolute atomic E-state index is 9.60. The van der Waals surface area contributed by atoms with Gasteiger partial charge in [0.1, 0.15) is 6.04 Å². The lowest BCUT2D eigenvalue weighted by Crippen LogP contribution is -2.22. The normalized spacial score (nSPS) is 12.4. The van der Waals surface area contributed by atoms with Gasteiger partial charge in [-0.05, 0) is 18.7 Å². The summed E-state index contributed by atoms with van der Waals surface area (Å²) in [6, 6.07) is 20.5. The van der Waals surface area contributed by atoms with E-state index in [1.54, 1.807) is 0 Å². The maximum atomic E-state index is 9.60. The molecule has 0 aliphatic rings. The summed E-state index contributed by atoms with van der Waals surface area (Å²) < 4.78 is 0. The largest absolute Gasteiger partial charge is 0.361 e. The Morgan fingerprint density at radius 1 is 1.10 bits per heavy atom. The lowest BCUT2D eigenvalue weighted by molar-refractivity contribution is 0.284. The fourth-order valence-electron chi connectivity index (χ4n) is 2.69. The van der Waals surface area contributed by atoms with Crippen LogP contribution in [0.4, 0.5) is 0 Å². The molecule has 0 amide bonds. The molecule has 1 heterocycles. The zero-order chi connectivity index (χ0) is 14.7. The Morgan fingerprint density at radius 3 is 2.57 bits per heavy atom. The number of H-pyrrole nitrogens is 1. The highest BCUT2D eigenvalue weighted by Crippen LogP contribution is 2.27. The number of fused-ring (bicyclic) bond motifs is 1. The molecule has 0 bridgehead atoms. The average molecular weight is 275 g/mol. The van der Waals surface area contributed by atoms with Gasteiger partial charge >= 0.3 is 0 Å². The Labute approximate surface area is 124 Å². The Hall–Kier alpha value is -2.57. The van der Waals surface area contributed by atoms with Gasteiger partial charge in [0.05, 0.1) is 6.07 Å². The number of nitrogens with zero attached hydrogens (tertiary/aromatic N) is 2. The third-order valence-corrected chi connectivity index (χ3v) is 3.75. The van der Waals surface area contributed by atoms with Crippen LogP contribution in [0.1, 0.15) is 17.2 Å². The smallest absolute Gasteiger partial charge is 0.125 e. The number of benzene rings is 2. The zero-order valence-corrected chi connectivity index (χ0v) is 12.0. The minimum atomic E-state index is -0.263. The van der Waals surface area contributed by atoms with Crippen molar-refractivity contribution in [3.63, 3.8) is 0 Å². The van der Waals surface area contributed by atoms with Crippen LogP contribution in [-0.2, 0) is 6.54 Å². The van der Waals surface area contributed by atoms with E-state index >= 15 is 0 Å². The van der Waals surface area contributed by atoms with Crippen LogP contribution in [0, 0.1) is 11.3 Å². The van der Waals surface area contributed by atoms with Gasteiger partial charge < -0.3 is 4.98 Å². The highest BCUT2D eigenvalue weighted by molar-refractivity contribution is 5.83. The van der Waals surface area contributed by atoms with Crippen LogP contribution < -0.4 is 0 Å². The van der Waals surface area contributed by atoms with E-state index in [-0.39, 0.29) is 6.04 Å². The Morgan fingerprint density at radius 2 is 1.81 bits per heavy atom. The van der Waals surface area contributed by atoms with E-state index in [9.17, 15) is 5.26 Å². The van der Waals surface area contributed by atoms with Crippen LogP contribution >= 0.6 is 0 Å². The van der Waals surface area contributed by atoms with Crippen LogP contribution in [-0.4, -0.2) is 16.9 Å². The summed E-state index contributed by atoms with van der Waals surface area (Å²) in [5.41, 5.74) is 3.31. The molecule has 0 radical (unpaired) electrons. The summed E-state index contributed by atoms with van der Waals surface area (Å²) in [7, 11) is 1.99. The Kier molecular flexibility index (Phi) is 3.72. The summed E-state index contributed by atoms with van der Waals surface area (Å²) in [5.74, 6) is 0. The van der Waals surface area contributed by atoms with Gasteiger partial charge in [-0.1, -0.05) is 48.5 Å². The molecule has 3 aromatic rings. The molecular formula is C18H17N3. The summed E-state index contributed by atoms with van der Waals surface area (Å²) in [5, 5.41) is 10.7. The molecule has 3 rings (SSSR count). The van der Waals surface area contributed by atoms with Crippen molar-refractivity contribution in [1.82, 2.24) is 9.88 Å². The number of nitrogens with one attached hydrogen (secondary N) is 1. The first-order valence-electron chi connectivity index (χ1n) is 6.99. The van der Waals surface area contributed by atoms with Crippen LogP contribution in [0.2, 0.25) is 0 Å². The number of nitriles is 1. The molecule has 2 aromatic carbocycles. The van der Waals surface area contributed by atoms with Gasteiger partial charge in [-0.15, -0.1) is 0 Å². The average Bonchev–Trinajstić information content (AvgIpc) is 2.93. The van der Waals surface area contributed by atoms with Crippen molar-refractivity contribution in [2.45, 2.75) is 12.6 Å². The molecule has 0 aliphatic carbocycles. The minimum absolute atomic E-state index is 0.263. The van der Waals surface area contributed by atoms with E-state index in [1.165, 1.54) is 5.56 Å². The lowest BCUT2D eigenvalue weighted by Gasteiger charge is -2.22. The fourth-order valence-corrected chi connectivity index (χ4v) is 2.69. The van der Waals surface area contributed by atoms with Gasteiger partial charge in [-0.3, -0.25) is 4.90 Å². The molecule has 3 heteroatoms. The molecule has 104 valence electrons. The number of para-hydroxylation sites is 1. The highest BCUT2D eigenvalue weighted by Gasteiger charge is 2.19. The molecule has 0 unspecified atom stereocenters. The van der Waals surface area contributed by atoms with Gasteiger partial charge in [-0.25, -0.2) is 0 Å². The van der Waals surface area contributed by atoms with Crippen LogP contribution in [0.25, 0.3) is 10.9 Å². The van der Waals surface area contributed by atoms with Crippen molar-refractivity contribution in [2.75, 3.05) is 7.05 Å². The first-order chi connectivity index (χ1) is 10.3. The molecule has 1 aromatic heterocycles. The second-order valence-electron chi connectivity index (χ2n) is 5.22. The quantitative estimate of drug-likeness (QED) is 0.785. The predicted octanol–water partition coefficient (Wildman–Crippen LogP) is 3.86. The van der Waals surface area contributed by atoms with E-state index in [0.29, 0.717) is 0 Å². The SMILES string of the molecule is CN(Cc1ccccc1)[C@H](C#N)c1c[nH]c2ccccc12. The molecule has 0 saturated carbocycles. The maximum Gasteiger partial charge on any atom is 0.125 e. The van der Waals surface area contributed by atoms with Crippen molar-refractivity contribution in [3.8, 4) is 6.07 Å². The Balaban J connectivity index is 1.90. The van der Waals surface area contributed by atoms with Gasteiger partial charge in [0, 0.05) is 29.2 Å². The first kappa shape index (κ1) is 13.4. The molecule has 0 fully saturated rings. The molecule has 0 saturated heterocycles. The van der Waals surface area contributed by atoms with Gasteiger partial charge in [0.25, 0.3) is 0 Å². The molecule has 21 heavy (non-hydrogen) atoms. The lowest BCUT2D eigenvalue weighted by atomic mass is 10.1. The molecule has 1 N–H and O–H groups in total. The summed E-state index contributed by atoms with van der Waals surface area (Å²) in [6.45, 7) is 0.749. The summed E-state index contributed by atoms with van der Waals surface area (Å²) >= 11 is 0. The second kappa shape index (κ2) is 5.82. The van der Waals surface area contributed by atoms with Crippen molar-refractivity contribution in [2.24, 2.45) is 0 Å². The van der Waals surface area contributed by atoms with E-state index in [0.717, 1.165) is 23.0 Å². The van der Waals surface area contributed by atoms with Crippen molar-refractivity contribution < 1.29 is 0 Å². The predicted molar refractivity (Wildman–Crippen MR) is 84.6 cm³/mol. The topological polar surface area (TPSA) is 42.8 Å². The van der Waals surface area contributed by atoms with Crippen molar-refractivity contribution in [3.05, 3.63) is 71.9 Å². The van der Waals surface area contributed by atoms with Crippen molar-refractivity contribution >= 4 is 10.9 Å². The number of aromatic amines is 1. The Bertz CT molecular complexity index is 768. The van der Waals surface area contributed by atoms with Gasteiger partial charge in [0.15, 0.2) is 0 Å². The van der Waals surface area contributed by atoms with Crippen molar-refractivity contribution in [1.29, 1.82) is 5.26 Å². The summed E-state index contributed by atoms with van der Waals surface area (Å²) in [6.07, 6.45) is 1.94. The number of aromatic nitrogens is 1. The molecule has 0 spiro atoms. The van der Waals surface area contributed by atoms with Crippen LogP contribution in [0.5, 0.6) is 0 Å². The standard InChI is InChI=1S/C18H17N3/c1-21(13-14-7-3-2-4-8-14)18(11-19)16-12-20-17-10-6-5-9-15(16)17/h2-10,12,18,20H,13H2,1H3/t18-/m1/s1. The fraction of sp³-hybridized carbons (Fsp3) is 0.167. The van der Waals surface area contributed by atoms with Gasteiger partial charge in [-0.2, -0.15) is 5.26 Å². The molecule has 0 aliphatic heterocycles. The minimum Gasteiger partial charge on any atom is -0.361 e. The molecular weight excluding hydrogens is 258 g/mol. The van der Waals surface area contributed by atoms with E-state index in [2.05, 4.69) is 34.2 Å². The van der Waals surface area contributed by atoms with E-state index in [4.69, 9.17) is 0 Å². The number of hydrogen-bond donors (Lipinski definition) is 1. The third-order valence-electron chi connectivity index (χ3n) is 3.75. The second-order valence-corrected chi connectivity index (χ2v) is 5.22. The third kappa shape index (κ3) is 2.67.